The molecule has 0 aliphatic heterocycles. The normalized spacial score (nSPS) is 10.7. The summed E-state index contributed by atoms with van der Waals surface area (Å²) in [5, 5.41) is 11.7. The molecule has 0 aliphatic rings. The fraction of sp³-hybridized carbons (Fsp3) is 0.188. The minimum absolute atomic E-state index is 0.0820. The second-order valence-corrected chi connectivity index (χ2v) is 5.99. The molecule has 0 bridgehead atoms. The molecule has 1 aromatic carbocycles. The summed E-state index contributed by atoms with van der Waals surface area (Å²) in [6.07, 6.45) is 1.59. The van der Waals surface area contributed by atoms with Gasteiger partial charge in [0.15, 0.2) is 16.7 Å². The van der Waals surface area contributed by atoms with Crippen LogP contribution in [-0.4, -0.2) is 26.4 Å². The fourth-order valence-corrected chi connectivity index (χ4v) is 2.74. The maximum Gasteiger partial charge on any atom is 0.234 e. The number of furan rings is 1. The Balaban J connectivity index is 1.60. The van der Waals surface area contributed by atoms with Crippen molar-refractivity contribution in [1.82, 2.24) is 14.8 Å². The molecular weight excluding hydrogens is 312 g/mol. The van der Waals surface area contributed by atoms with Crippen molar-refractivity contribution in [3.8, 4) is 11.6 Å². The predicted molar refractivity (Wildman–Crippen MR) is 89.2 cm³/mol. The van der Waals surface area contributed by atoms with Crippen LogP contribution in [-0.2, 0) is 11.8 Å². The molecule has 3 aromatic rings. The van der Waals surface area contributed by atoms with Gasteiger partial charge in [0.1, 0.15) is 0 Å². The number of anilines is 1. The summed E-state index contributed by atoms with van der Waals surface area (Å²) < 4.78 is 7.12. The standard InChI is InChI=1S/C16H16N4O2S/c1-11-5-7-12(8-6-11)17-14(21)10-23-16-19-18-15(20(16)2)13-4-3-9-22-13/h3-9H,10H2,1-2H3,(H,17,21). The number of hydrogen-bond donors (Lipinski definition) is 1. The number of aromatic nitrogens is 3. The largest absolute Gasteiger partial charge is 0.461 e. The molecule has 0 unspecified atom stereocenters. The van der Waals surface area contributed by atoms with E-state index >= 15 is 0 Å². The van der Waals surface area contributed by atoms with Crippen molar-refractivity contribution in [2.24, 2.45) is 7.05 Å². The zero-order valence-electron chi connectivity index (χ0n) is 12.8. The summed E-state index contributed by atoms with van der Waals surface area (Å²) in [5.74, 6) is 1.46. The number of nitrogens with zero attached hydrogens (tertiary/aromatic N) is 3. The van der Waals surface area contributed by atoms with Gasteiger partial charge in [-0.15, -0.1) is 10.2 Å². The lowest BCUT2D eigenvalue weighted by Crippen LogP contribution is -2.14. The molecule has 2 heterocycles. The molecule has 1 amide bonds. The van der Waals surface area contributed by atoms with E-state index in [-0.39, 0.29) is 11.7 Å². The van der Waals surface area contributed by atoms with Crippen LogP contribution in [0.15, 0.2) is 52.2 Å². The second kappa shape index (κ2) is 6.70. The zero-order chi connectivity index (χ0) is 16.2. The molecule has 0 radical (unpaired) electrons. The number of rotatable bonds is 5. The van der Waals surface area contributed by atoms with Gasteiger partial charge in [-0.1, -0.05) is 29.5 Å². The Labute approximate surface area is 137 Å². The molecule has 118 valence electrons. The van der Waals surface area contributed by atoms with Crippen LogP contribution in [0.25, 0.3) is 11.6 Å². The van der Waals surface area contributed by atoms with Gasteiger partial charge in [0.05, 0.1) is 12.0 Å². The third-order valence-corrected chi connectivity index (χ3v) is 4.26. The number of nitrogens with one attached hydrogen (secondary N) is 1. The van der Waals surface area contributed by atoms with E-state index in [1.807, 2.05) is 48.9 Å². The molecule has 0 saturated heterocycles. The molecule has 6 nitrogen and oxygen atoms in total. The molecule has 7 heteroatoms. The summed E-state index contributed by atoms with van der Waals surface area (Å²) in [6, 6.07) is 11.3. The van der Waals surface area contributed by atoms with Gasteiger partial charge >= 0.3 is 0 Å². The van der Waals surface area contributed by atoms with Crippen LogP contribution in [0.1, 0.15) is 5.56 Å². The number of carbonyl (C=O) groups excluding carboxylic acids is 1. The van der Waals surface area contributed by atoms with Crippen molar-refractivity contribution >= 4 is 23.4 Å². The minimum Gasteiger partial charge on any atom is -0.461 e. The van der Waals surface area contributed by atoms with Crippen LogP contribution in [0.2, 0.25) is 0 Å². The van der Waals surface area contributed by atoms with E-state index in [1.165, 1.54) is 11.8 Å². The van der Waals surface area contributed by atoms with E-state index in [4.69, 9.17) is 4.42 Å². The van der Waals surface area contributed by atoms with Crippen molar-refractivity contribution < 1.29 is 9.21 Å². The minimum atomic E-state index is -0.0820. The van der Waals surface area contributed by atoms with Gasteiger partial charge in [-0.05, 0) is 31.2 Å². The topological polar surface area (TPSA) is 73.0 Å². The van der Waals surface area contributed by atoms with E-state index < -0.39 is 0 Å². The first-order chi connectivity index (χ1) is 11.1. The number of amides is 1. The van der Waals surface area contributed by atoms with Crippen molar-refractivity contribution in [2.75, 3.05) is 11.1 Å². The number of carbonyl (C=O) groups is 1. The van der Waals surface area contributed by atoms with Crippen LogP contribution in [0.5, 0.6) is 0 Å². The Morgan fingerprint density at radius 3 is 2.74 bits per heavy atom. The van der Waals surface area contributed by atoms with Gasteiger partial charge in [-0.3, -0.25) is 4.79 Å². The SMILES string of the molecule is Cc1ccc(NC(=O)CSc2nnc(-c3ccco3)n2C)cc1. The van der Waals surface area contributed by atoms with Gasteiger partial charge < -0.3 is 14.3 Å². The van der Waals surface area contributed by atoms with Crippen LogP contribution in [0.3, 0.4) is 0 Å². The highest BCUT2D eigenvalue weighted by Gasteiger charge is 2.14. The maximum absolute atomic E-state index is 12.0. The molecule has 0 saturated carbocycles. The first kappa shape index (κ1) is 15.4. The number of aryl methyl sites for hydroxylation is 1. The highest BCUT2D eigenvalue weighted by Crippen LogP contribution is 2.23. The molecule has 0 spiro atoms. The molecule has 2 aromatic heterocycles. The Morgan fingerprint density at radius 2 is 2.04 bits per heavy atom. The van der Waals surface area contributed by atoms with E-state index in [9.17, 15) is 4.79 Å². The third kappa shape index (κ3) is 3.62. The molecule has 1 N–H and O–H groups in total. The van der Waals surface area contributed by atoms with Crippen LogP contribution in [0.4, 0.5) is 5.69 Å². The predicted octanol–water partition coefficient (Wildman–Crippen LogP) is 3.11. The molecule has 0 aliphatic carbocycles. The van der Waals surface area contributed by atoms with Crippen LogP contribution in [0, 0.1) is 6.92 Å². The lowest BCUT2D eigenvalue weighted by Gasteiger charge is -2.05. The lowest BCUT2D eigenvalue weighted by atomic mass is 10.2. The van der Waals surface area contributed by atoms with Crippen molar-refractivity contribution in [3.05, 3.63) is 48.2 Å². The van der Waals surface area contributed by atoms with Gasteiger partial charge in [-0.25, -0.2) is 0 Å². The second-order valence-electron chi connectivity index (χ2n) is 5.05. The zero-order valence-corrected chi connectivity index (χ0v) is 13.6. The highest BCUT2D eigenvalue weighted by molar-refractivity contribution is 7.99. The number of benzene rings is 1. The van der Waals surface area contributed by atoms with E-state index in [1.54, 1.807) is 12.3 Å². The molecular formula is C16H16N4O2S. The van der Waals surface area contributed by atoms with Crippen molar-refractivity contribution in [1.29, 1.82) is 0 Å². The monoisotopic (exact) mass is 328 g/mol. The summed E-state index contributed by atoms with van der Waals surface area (Å²) in [6.45, 7) is 2.01. The average molecular weight is 328 g/mol. The molecule has 3 rings (SSSR count). The Kier molecular flexibility index (Phi) is 4.47. The van der Waals surface area contributed by atoms with E-state index in [2.05, 4.69) is 15.5 Å². The highest BCUT2D eigenvalue weighted by atomic mass is 32.2. The van der Waals surface area contributed by atoms with Crippen molar-refractivity contribution in [3.63, 3.8) is 0 Å². The van der Waals surface area contributed by atoms with Gasteiger partial charge in [0.2, 0.25) is 5.91 Å². The van der Waals surface area contributed by atoms with E-state index in [0.29, 0.717) is 16.7 Å². The van der Waals surface area contributed by atoms with Crippen LogP contribution < -0.4 is 5.32 Å². The number of hydrogen-bond acceptors (Lipinski definition) is 5. The molecule has 23 heavy (non-hydrogen) atoms. The van der Waals surface area contributed by atoms with Gasteiger partial charge in [-0.2, -0.15) is 0 Å². The maximum atomic E-state index is 12.0. The van der Waals surface area contributed by atoms with Gasteiger partial charge in [0, 0.05) is 12.7 Å². The summed E-state index contributed by atoms with van der Waals surface area (Å²) in [7, 11) is 1.85. The summed E-state index contributed by atoms with van der Waals surface area (Å²) >= 11 is 1.33. The van der Waals surface area contributed by atoms with Crippen LogP contribution >= 0.6 is 11.8 Å². The Bertz CT molecular complexity index is 794. The molecule has 0 atom stereocenters. The third-order valence-electron chi connectivity index (χ3n) is 3.24. The lowest BCUT2D eigenvalue weighted by molar-refractivity contribution is -0.113. The first-order valence-electron chi connectivity index (χ1n) is 7.06. The fourth-order valence-electron chi connectivity index (χ4n) is 2.03. The Hall–Kier alpha value is -2.54. The summed E-state index contributed by atoms with van der Waals surface area (Å²) in [5.41, 5.74) is 1.94. The molecule has 0 fully saturated rings. The summed E-state index contributed by atoms with van der Waals surface area (Å²) in [4.78, 5) is 12.0. The first-order valence-corrected chi connectivity index (χ1v) is 8.04. The average Bonchev–Trinajstić information content (AvgIpc) is 3.17. The quantitative estimate of drug-likeness (QED) is 0.729. The van der Waals surface area contributed by atoms with E-state index in [0.717, 1.165) is 11.3 Å². The Morgan fingerprint density at radius 1 is 1.26 bits per heavy atom. The van der Waals surface area contributed by atoms with Gasteiger partial charge in [0.25, 0.3) is 0 Å². The smallest absolute Gasteiger partial charge is 0.234 e. The number of thioether (sulfide) groups is 1. The van der Waals surface area contributed by atoms with Crippen molar-refractivity contribution in [2.45, 2.75) is 12.1 Å².